The summed E-state index contributed by atoms with van der Waals surface area (Å²) >= 11 is 0. The molecule has 0 radical (unpaired) electrons. The van der Waals surface area contributed by atoms with Crippen LogP contribution in [0.15, 0.2) is 12.1 Å². The highest BCUT2D eigenvalue weighted by Crippen LogP contribution is 2.07. The van der Waals surface area contributed by atoms with Gasteiger partial charge in [0.2, 0.25) is 0 Å². The van der Waals surface area contributed by atoms with E-state index in [1.807, 2.05) is 0 Å². The summed E-state index contributed by atoms with van der Waals surface area (Å²) in [6.45, 7) is 0. The smallest absolute Gasteiger partial charge is 0.423 e. The highest BCUT2D eigenvalue weighted by molar-refractivity contribution is 6.59. The number of carbonyl (C=O) groups excluding carboxylic acids is 1. The lowest BCUT2D eigenvalue weighted by molar-refractivity contribution is 0.0959. The molecule has 0 bridgehead atoms. The summed E-state index contributed by atoms with van der Waals surface area (Å²) in [5, 5.41) is 19.6. The summed E-state index contributed by atoms with van der Waals surface area (Å²) in [4.78, 5) is 11.1. The van der Waals surface area contributed by atoms with Gasteiger partial charge in [0.1, 0.15) is 11.6 Å². The SMILES string of the molecule is CNC(=O)c1ccc(F)c(B(O)O)c1F. The van der Waals surface area contributed by atoms with Crippen LogP contribution >= 0.6 is 0 Å². The number of hydrogen-bond acceptors (Lipinski definition) is 3. The van der Waals surface area contributed by atoms with Gasteiger partial charge >= 0.3 is 7.12 Å². The van der Waals surface area contributed by atoms with Crippen molar-refractivity contribution in [2.75, 3.05) is 7.05 Å². The zero-order valence-electron chi connectivity index (χ0n) is 7.79. The third-order valence-electron chi connectivity index (χ3n) is 1.86. The van der Waals surface area contributed by atoms with Gasteiger partial charge in [-0.25, -0.2) is 8.78 Å². The van der Waals surface area contributed by atoms with E-state index in [0.717, 1.165) is 12.1 Å². The highest BCUT2D eigenvalue weighted by Gasteiger charge is 2.25. The van der Waals surface area contributed by atoms with Crippen LogP contribution in [0, 0.1) is 11.6 Å². The van der Waals surface area contributed by atoms with E-state index >= 15 is 0 Å². The number of benzene rings is 1. The molecule has 0 fully saturated rings. The van der Waals surface area contributed by atoms with Gasteiger partial charge in [0.15, 0.2) is 0 Å². The maximum Gasteiger partial charge on any atom is 0.494 e. The molecule has 0 heterocycles. The van der Waals surface area contributed by atoms with Crippen LogP contribution in [-0.2, 0) is 0 Å². The lowest BCUT2D eigenvalue weighted by Crippen LogP contribution is -2.37. The third-order valence-corrected chi connectivity index (χ3v) is 1.86. The Bertz CT molecular complexity index is 398. The molecule has 0 saturated carbocycles. The Labute approximate surface area is 84.7 Å². The van der Waals surface area contributed by atoms with Crippen molar-refractivity contribution in [1.82, 2.24) is 5.32 Å². The Hall–Kier alpha value is -1.47. The lowest BCUT2D eigenvalue weighted by Gasteiger charge is -2.07. The second-order valence-electron chi connectivity index (χ2n) is 2.78. The second kappa shape index (κ2) is 4.37. The van der Waals surface area contributed by atoms with Crippen LogP contribution in [0.3, 0.4) is 0 Å². The van der Waals surface area contributed by atoms with Gasteiger partial charge in [-0.3, -0.25) is 4.79 Å². The standard InChI is InChI=1S/C8H8BF2NO3/c1-12-8(13)4-2-3-5(10)6(7(4)11)9(14)15/h2-3,14-15H,1H3,(H,12,13). The van der Waals surface area contributed by atoms with E-state index in [1.165, 1.54) is 7.05 Å². The Morgan fingerprint density at radius 1 is 1.40 bits per heavy atom. The molecule has 0 unspecified atom stereocenters. The third kappa shape index (κ3) is 2.13. The fraction of sp³-hybridized carbons (Fsp3) is 0.125. The number of carbonyl (C=O) groups is 1. The minimum absolute atomic E-state index is 0.443. The van der Waals surface area contributed by atoms with Crippen LogP contribution < -0.4 is 10.8 Å². The fourth-order valence-corrected chi connectivity index (χ4v) is 1.12. The first-order valence-corrected chi connectivity index (χ1v) is 4.05. The zero-order chi connectivity index (χ0) is 11.6. The number of halogens is 2. The number of hydrogen-bond donors (Lipinski definition) is 3. The van der Waals surface area contributed by atoms with Crippen molar-refractivity contribution in [2.24, 2.45) is 0 Å². The molecule has 0 spiro atoms. The maximum absolute atomic E-state index is 13.4. The van der Waals surface area contributed by atoms with Crippen molar-refractivity contribution in [3.8, 4) is 0 Å². The van der Waals surface area contributed by atoms with E-state index in [9.17, 15) is 13.6 Å². The van der Waals surface area contributed by atoms with Crippen LogP contribution in [0.25, 0.3) is 0 Å². The minimum atomic E-state index is -2.30. The molecule has 15 heavy (non-hydrogen) atoms. The molecule has 1 rings (SSSR count). The molecule has 7 heteroatoms. The first-order chi connectivity index (χ1) is 6.99. The first kappa shape index (κ1) is 11.6. The van der Waals surface area contributed by atoms with Crippen molar-refractivity contribution in [3.05, 3.63) is 29.3 Å². The summed E-state index contributed by atoms with van der Waals surface area (Å²) in [6, 6.07) is 1.72. The van der Waals surface area contributed by atoms with Crippen LogP contribution in [0.1, 0.15) is 10.4 Å². The molecule has 0 aliphatic heterocycles. The van der Waals surface area contributed by atoms with Crippen LogP contribution in [0.2, 0.25) is 0 Å². The monoisotopic (exact) mass is 215 g/mol. The van der Waals surface area contributed by atoms with Gasteiger partial charge < -0.3 is 15.4 Å². The highest BCUT2D eigenvalue weighted by atomic mass is 19.1. The predicted molar refractivity (Wildman–Crippen MR) is 49.6 cm³/mol. The van der Waals surface area contributed by atoms with Gasteiger partial charge in [-0.05, 0) is 12.1 Å². The molecule has 80 valence electrons. The van der Waals surface area contributed by atoms with E-state index in [4.69, 9.17) is 10.0 Å². The number of nitrogens with one attached hydrogen (secondary N) is 1. The van der Waals surface area contributed by atoms with Crippen LogP contribution in [0.4, 0.5) is 8.78 Å². The van der Waals surface area contributed by atoms with E-state index < -0.39 is 35.7 Å². The fourth-order valence-electron chi connectivity index (χ4n) is 1.12. The van der Waals surface area contributed by atoms with Crippen molar-refractivity contribution >= 4 is 18.5 Å². The normalized spacial score (nSPS) is 9.93. The molecule has 3 N–H and O–H groups in total. The summed E-state index contributed by atoms with van der Waals surface area (Å²) < 4.78 is 26.4. The summed E-state index contributed by atoms with van der Waals surface area (Å²) in [5.41, 5.74) is -1.38. The van der Waals surface area contributed by atoms with E-state index in [-0.39, 0.29) is 0 Å². The maximum atomic E-state index is 13.4. The van der Waals surface area contributed by atoms with Gasteiger partial charge in [0.25, 0.3) is 5.91 Å². The average Bonchev–Trinajstić information content (AvgIpc) is 2.16. The molecule has 1 amide bonds. The molecule has 4 nitrogen and oxygen atoms in total. The molecule has 0 saturated heterocycles. The van der Waals surface area contributed by atoms with E-state index in [0.29, 0.717) is 0 Å². The number of amides is 1. The van der Waals surface area contributed by atoms with E-state index in [1.54, 1.807) is 0 Å². The molecular formula is C8H8BF2NO3. The van der Waals surface area contributed by atoms with Crippen LogP contribution in [-0.4, -0.2) is 30.1 Å². The summed E-state index contributed by atoms with van der Waals surface area (Å²) in [7, 11) is -1.02. The van der Waals surface area contributed by atoms with Gasteiger partial charge in [-0.2, -0.15) is 0 Å². The zero-order valence-corrected chi connectivity index (χ0v) is 7.79. The Morgan fingerprint density at radius 3 is 2.47 bits per heavy atom. The van der Waals surface area contributed by atoms with Crippen molar-refractivity contribution in [3.63, 3.8) is 0 Å². The van der Waals surface area contributed by atoms with Crippen molar-refractivity contribution in [1.29, 1.82) is 0 Å². The van der Waals surface area contributed by atoms with Gasteiger partial charge in [0, 0.05) is 7.05 Å². The quantitative estimate of drug-likeness (QED) is 0.554. The average molecular weight is 215 g/mol. The molecule has 0 aromatic heterocycles. The van der Waals surface area contributed by atoms with Crippen LogP contribution in [0.5, 0.6) is 0 Å². The molecule has 0 aliphatic carbocycles. The Balaban J connectivity index is 3.35. The largest absolute Gasteiger partial charge is 0.494 e. The Kier molecular flexibility index (Phi) is 3.38. The van der Waals surface area contributed by atoms with E-state index in [2.05, 4.69) is 5.32 Å². The second-order valence-corrected chi connectivity index (χ2v) is 2.78. The minimum Gasteiger partial charge on any atom is -0.423 e. The first-order valence-electron chi connectivity index (χ1n) is 4.05. The van der Waals surface area contributed by atoms with Gasteiger partial charge in [-0.1, -0.05) is 0 Å². The topological polar surface area (TPSA) is 69.6 Å². The number of rotatable bonds is 2. The molecule has 1 aromatic carbocycles. The van der Waals surface area contributed by atoms with Gasteiger partial charge in [0.05, 0.1) is 11.0 Å². The molecular weight excluding hydrogens is 207 g/mol. The Morgan fingerprint density at radius 2 is 2.00 bits per heavy atom. The summed E-state index contributed by atoms with van der Waals surface area (Å²) in [5.74, 6) is -3.16. The molecule has 0 aliphatic rings. The predicted octanol–water partition coefficient (Wildman–Crippen LogP) is -0.996. The summed E-state index contributed by atoms with van der Waals surface area (Å²) in [6.07, 6.45) is 0. The van der Waals surface area contributed by atoms with Gasteiger partial charge in [-0.15, -0.1) is 0 Å². The molecule has 1 aromatic rings. The molecule has 0 atom stereocenters. The van der Waals surface area contributed by atoms with Crippen molar-refractivity contribution < 1.29 is 23.6 Å². The van der Waals surface area contributed by atoms with Crippen molar-refractivity contribution in [2.45, 2.75) is 0 Å². The lowest BCUT2D eigenvalue weighted by atomic mass is 9.78.